The molecule has 0 radical (unpaired) electrons. The van der Waals surface area contributed by atoms with Crippen molar-refractivity contribution in [3.05, 3.63) is 48.3 Å². The van der Waals surface area contributed by atoms with Gasteiger partial charge in [-0.2, -0.15) is 0 Å². The molecule has 0 bridgehead atoms. The van der Waals surface area contributed by atoms with E-state index >= 15 is 0 Å². The molecule has 1 aliphatic heterocycles. The molecule has 1 N–H and O–H groups in total. The summed E-state index contributed by atoms with van der Waals surface area (Å²) in [5.41, 5.74) is 1.28. The Bertz CT molecular complexity index is 715. The van der Waals surface area contributed by atoms with Crippen molar-refractivity contribution in [2.45, 2.75) is 43.5 Å². The van der Waals surface area contributed by atoms with Crippen molar-refractivity contribution in [2.24, 2.45) is 5.92 Å². The molecule has 0 aliphatic carbocycles. The number of carbonyl (C=O) groups excluding carboxylic acids is 1. The Labute approximate surface area is 159 Å². The summed E-state index contributed by atoms with van der Waals surface area (Å²) in [6.07, 6.45) is 5.37. The van der Waals surface area contributed by atoms with Crippen LogP contribution in [0.1, 0.15) is 32.3 Å². The topological polar surface area (TPSA) is 58.1 Å². The zero-order valence-electron chi connectivity index (χ0n) is 15.4. The lowest BCUT2D eigenvalue weighted by atomic mass is 9.95. The average Bonchev–Trinajstić information content (AvgIpc) is 2.67. The number of rotatable bonds is 6. The standard InChI is InChI=1S/C20H26N4OS/c1-15(2)22-20(25)17-8-10-24(11-9-17)18-12-21-13-19(23-18)26-14-16-6-4-3-5-7-16/h3-7,12-13,15,17H,8-11,14H2,1-2H3,(H,22,25). The summed E-state index contributed by atoms with van der Waals surface area (Å²) in [7, 11) is 0. The van der Waals surface area contributed by atoms with Crippen molar-refractivity contribution in [1.29, 1.82) is 0 Å². The minimum absolute atomic E-state index is 0.109. The fourth-order valence-electron chi connectivity index (χ4n) is 3.06. The Morgan fingerprint density at radius 3 is 2.65 bits per heavy atom. The zero-order chi connectivity index (χ0) is 18.4. The first kappa shape index (κ1) is 18.7. The summed E-state index contributed by atoms with van der Waals surface area (Å²) >= 11 is 1.70. The van der Waals surface area contributed by atoms with Crippen molar-refractivity contribution < 1.29 is 4.79 Å². The maximum absolute atomic E-state index is 12.2. The lowest BCUT2D eigenvalue weighted by Crippen LogP contribution is -2.42. The molecule has 3 rings (SSSR count). The molecule has 0 unspecified atom stereocenters. The van der Waals surface area contributed by atoms with E-state index in [1.165, 1.54) is 5.56 Å². The molecule has 2 aromatic rings. The minimum atomic E-state index is 0.109. The van der Waals surface area contributed by atoms with E-state index in [1.807, 2.05) is 32.3 Å². The molecule has 138 valence electrons. The van der Waals surface area contributed by atoms with Crippen molar-refractivity contribution in [3.8, 4) is 0 Å². The highest BCUT2D eigenvalue weighted by Gasteiger charge is 2.26. The Morgan fingerprint density at radius 2 is 1.96 bits per heavy atom. The molecule has 1 aromatic carbocycles. The van der Waals surface area contributed by atoms with Crippen LogP contribution < -0.4 is 10.2 Å². The molecule has 26 heavy (non-hydrogen) atoms. The van der Waals surface area contributed by atoms with Crippen LogP contribution in [0.25, 0.3) is 0 Å². The fourth-order valence-corrected chi connectivity index (χ4v) is 3.87. The van der Waals surface area contributed by atoms with Crippen LogP contribution in [0.2, 0.25) is 0 Å². The van der Waals surface area contributed by atoms with Crippen LogP contribution >= 0.6 is 11.8 Å². The highest BCUT2D eigenvalue weighted by molar-refractivity contribution is 7.98. The highest BCUT2D eigenvalue weighted by atomic mass is 32.2. The molecule has 1 aromatic heterocycles. The van der Waals surface area contributed by atoms with Crippen LogP contribution in [0.3, 0.4) is 0 Å². The first-order valence-electron chi connectivity index (χ1n) is 9.16. The van der Waals surface area contributed by atoms with Gasteiger partial charge < -0.3 is 10.2 Å². The Morgan fingerprint density at radius 1 is 1.23 bits per heavy atom. The smallest absolute Gasteiger partial charge is 0.223 e. The maximum atomic E-state index is 12.2. The number of benzene rings is 1. The fraction of sp³-hybridized carbons (Fsp3) is 0.450. The van der Waals surface area contributed by atoms with Crippen molar-refractivity contribution in [1.82, 2.24) is 15.3 Å². The summed E-state index contributed by atoms with van der Waals surface area (Å²) in [4.78, 5) is 23.5. The third-order valence-corrected chi connectivity index (χ3v) is 5.42. The van der Waals surface area contributed by atoms with Gasteiger partial charge >= 0.3 is 0 Å². The third kappa shape index (κ3) is 5.21. The lowest BCUT2D eigenvalue weighted by Gasteiger charge is -2.32. The number of aromatic nitrogens is 2. The maximum Gasteiger partial charge on any atom is 0.223 e. The van der Waals surface area contributed by atoms with Crippen LogP contribution in [-0.4, -0.2) is 35.0 Å². The molecular formula is C20H26N4OS. The van der Waals surface area contributed by atoms with Gasteiger partial charge in [0.05, 0.1) is 12.4 Å². The van der Waals surface area contributed by atoms with Crippen LogP contribution in [0.15, 0.2) is 47.8 Å². The van der Waals surface area contributed by atoms with Gasteiger partial charge in [0.1, 0.15) is 10.8 Å². The van der Waals surface area contributed by atoms with Crippen LogP contribution in [0.4, 0.5) is 5.82 Å². The van der Waals surface area contributed by atoms with E-state index in [0.717, 1.165) is 42.5 Å². The second-order valence-electron chi connectivity index (χ2n) is 6.91. The van der Waals surface area contributed by atoms with E-state index in [0.29, 0.717) is 0 Å². The second kappa shape index (κ2) is 9.03. The number of thioether (sulfide) groups is 1. The molecule has 0 spiro atoms. The summed E-state index contributed by atoms with van der Waals surface area (Å²) < 4.78 is 0. The predicted molar refractivity (Wildman–Crippen MR) is 106 cm³/mol. The number of hydrogen-bond acceptors (Lipinski definition) is 5. The molecule has 1 amide bonds. The summed E-state index contributed by atoms with van der Waals surface area (Å²) in [5.74, 6) is 2.08. The van der Waals surface area contributed by atoms with Gasteiger partial charge in [-0.3, -0.25) is 9.78 Å². The van der Waals surface area contributed by atoms with Crippen molar-refractivity contribution in [3.63, 3.8) is 0 Å². The quantitative estimate of drug-likeness (QED) is 0.789. The summed E-state index contributed by atoms with van der Waals surface area (Å²) in [6, 6.07) is 10.6. The second-order valence-corrected chi connectivity index (χ2v) is 7.91. The van der Waals surface area contributed by atoms with Crippen molar-refractivity contribution in [2.75, 3.05) is 18.0 Å². The Hall–Kier alpha value is -2.08. The van der Waals surface area contributed by atoms with Gasteiger partial charge in [0.25, 0.3) is 0 Å². The molecule has 0 atom stereocenters. The third-order valence-electron chi connectivity index (χ3n) is 4.45. The van der Waals surface area contributed by atoms with E-state index in [4.69, 9.17) is 4.98 Å². The van der Waals surface area contributed by atoms with Gasteiger partial charge in [-0.1, -0.05) is 30.3 Å². The summed E-state index contributed by atoms with van der Waals surface area (Å²) in [5, 5.41) is 3.96. The first-order valence-corrected chi connectivity index (χ1v) is 10.1. The zero-order valence-corrected chi connectivity index (χ0v) is 16.2. The van der Waals surface area contributed by atoms with Gasteiger partial charge in [0.15, 0.2) is 0 Å². The molecule has 1 fully saturated rings. The van der Waals surface area contributed by atoms with E-state index in [1.54, 1.807) is 11.8 Å². The first-order chi connectivity index (χ1) is 12.6. The molecule has 6 heteroatoms. The number of piperidine rings is 1. The van der Waals surface area contributed by atoms with Gasteiger partial charge in [0.2, 0.25) is 5.91 Å². The number of anilines is 1. The van der Waals surface area contributed by atoms with Crippen LogP contribution in [0, 0.1) is 5.92 Å². The van der Waals surface area contributed by atoms with E-state index in [2.05, 4.69) is 39.5 Å². The Kier molecular flexibility index (Phi) is 6.50. The Balaban J connectivity index is 1.55. The average molecular weight is 371 g/mol. The largest absolute Gasteiger partial charge is 0.355 e. The molecule has 5 nitrogen and oxygen atoms in total. The SMILES string of the molecule is CC(C)NC(=O)C1CCN(c2cncc(SCc3ccccc3)n2)CC1. The van der Waals surface area contributed by atoms with Gasteiger partial charge in [0, 0.05) is 30.8 Å². The van der Waals surface area contributed by atoms with Crippen LogP contribution in [-0.2, 0) is 10.5 Å². The van der Waals surface area contributed by atoms with E-state index in [9.17, 15) is 4.79 Å². The van der Waals surface area contributed by atoms with Gasteiger partial charge in [-0.15, -0.1) is 11.8 Å². The van der Waals surface area contributed by atoms with E-state index < -0.39 is 0 Å². The normalized spacial score (nSPS) is 15.3. The lowest BCUT2D eigenvalue weighted by molar-refractivity contribution is -0.126. The number of carbonyl (C=O) groups is 1. The monoisotopic (exact) mass is 370 g/mol. The van der Waals surface area contributed by atoms with Gasteiger partial charge in [-0.25, -0.2) is 4.98 Å². The minimum Gasteiger partial charge on any atom is -0.355 e. The molecule has 1 saturated heterocycles. The van der Waals surface area contributed by atoms with Crippen LogP contribution in [0.5, 0.6) is 0 Å². The molecule has 1 aliphatic rings. The molecule has 0 saturated carbocycles. The number of hydrogen-bond donors (Lipinski definition) is 1. The predicted octanol–water partition coefficient (Wildman–Crippen LogP) is 3.51. The van der Waals surface area contributed by atoms with Gasteiger partial charge in [-0.05, 0) is 32.3 Å². The van der Waals surface area contributed by atoms with Crippen molar-refractivity contribution >= 4 is 23.5 Å². The number of nitrogens with zero attached hydrogens (tertiary/aromatic N) is 3. The molecular weight excluding hydrogens is 344 g/mol. The highest BCUT2D eigenvalue weighted by Crippen LogP contribution is 2.25. The number of nitrogens with one attached hydrogen (secondary N) is 1. The molecule has 2 heterocycles. The number of amides is 1. The van der Waals surface area contributed by atoms with E-state index in [-0.39, 0.29) is 17.9 Å². The summed E-state index contributed by atoms with van der Waals surface area (Å²) in [6.45, 7) is 5.69.